The lowest BCUT2D eigenvalue weighted by atomic mass is 9.92. The average Bonchev–Trinajstić information content (AvgIpc) is 3.32. The van der Waals surface area contributed by atoms with Gasteiger partial charge in [-0.15, -0.1) is 0 Å². The number of ether oxygens (including phenoxy) is 4. The van der Waals surface area contributed by atoms with Crippen LogP contribution in [0.3, 0.4) is 0 Å². The van der Waals surface area contributed by atoms with Gasteiger partial charge in [-0.25, -0.2) is 14.4 Å². The Bertz CT molecular complexity index is 1250. The van der Waals surface area contributed by atoms with Crippen LogP contribution in [0.5, 0.6) is 5.88 Å². The molecule has 0 aliphatic carbocycles. The topological polar surface area (TPSA) is 113 Å². The van der Waals surface area contributed by atoms with E-state index in [0.717, 1.165) is 22.7 Å². The largest absolute Gasteiger partial charge is 0.472 e. The Morgan fingerprint density at radius 3 is 1.90 bits per heavy atom. The highest BCUT2D eigenvalue weighted by atomic mass is 32.1. The van der Waals surface area contributed by atoms with Crippen LogP contribution < -0.4 is 10.1 Å². The minimum Gasteiger partial charge on any atom is -0.472 e. The number of esters is 2. The van der Waals surface area contributed by atoms with Gasteiger partial charge in [-0.05, 0) is 70.1 Å². The fourth-order valence-electron chi connectivity index (χ4n) is 3.93. The minimum absolute atomic E-state index is 0.0362. The molecule has 0 bridgehead atoms. The van der Waals surface area contributed by atoms with Crippen molar-refractivity contribution in [2.45, 2.75) is 65.2 Å². The highest BCUT2D eigenvalue weighted by Crippen LogP contribution is 2.38. The molecule has 3 rings (SSSR count). The second-order valence-electron chi connectivity index (χ2n) is 9.87. The number of rotatable bonds is 12. The fourth-order valence-corrected chi connectivity index (χ4v) is 4.92. The summed E-state index contributed by atoms with van der Waals surface area (Å²) in [7, 11) is 0. The first kappa shape index (κ1) is 30.6. The highest BCUT2D eigenvalue weighted by Gasteiger charge is 2.56. The van der Waals surface area contributed by atoms with Gasteiger partial charge >= 0.3 is 18.0 Å². The molecule has 214 valence electrons. The summed E-state index contributed by atoms with van der Waals surface area (Å²) in [5.41, 5.74) is -0.812. The molecule has 9 nitrogen and oxygen atoms in total. The van der Waals surface area contributed by atoms with Gasteiger partial charge in [0.15, 0.2) is 0 Å². The van der Waals surface area contributed by atoms with E-state index in [-0.39, 0.29) is 30.6 Å². The van der Waals surface area contributed by atoms with Crippen molar-refractivity contribution >= 4 is 29.6 Å². The number of carbonyl (C=O) groups excluding carboxylic acids is 3. The fraction of sp³-hybridized carbons (Fsp3) is 0.400. The maximum absolute atomic E-state index is 13.6. The molecule has 0 radical (unpaired) electrons. The van der Waals surface area contributed by atoms with Crippen molar-refractivity contribution in [3.05, 3.63) is 82.2 Å². The van der Waals surface area contributed by atoms with Crippen molar-refractivity contribution in [3.63, 3.8) is 0 Å². The summed E-state index contributed by atoms with van der Waals surface area (Å²) >= 11 is 0.875. The number of amides is 1. The predicted octanol–water partition coefficient (Wildman–Crippen LogP) is 5.35. The number of aromatic nitrogens is 1. The lowest BCUT2D eigenvalue weighted by Gasteiger charge is -2.31. The van der Waals surface area contributed by atoms with Gasteiger partial charge in [-0.1, -0.05) is 60.7 Å². The molecule has 0 atom stereocenters. The summed E-state index contributed by atoms with van der Waals surface area (Å²) in [4.78, 5) is 40.5. The van der Waals surface area contributed by atoms with Crippen LogP contribution in [0.15, 0.2) is 60.7 Å². The van der Waals surface area contributed by atoms with Crippen molar-refractivity contribution in [3.8, 4) is 5.88 Å². The van der Waals surface area contributed by atoms with E-state index in [1.165, 1.54) is 0 Å². The van der Waals surface area contributed by atoms with Crippen LogP contribution in [-0.2, 0) is 48.8 Å². The van der Waals surface area contributed by atoms with Crippen LogP contribution in [0.25, 0.3) is 0 Å². The van der Waals surface area contributed by atoms with Gasteiger partial charge in [-0.2, -0.15) is 4.37 Å². The Hall–Kier alpha value is -3.92. The van der Waals surface area contributed by atoms with Gasteiger partial charge in [0.2, 0.25) is 5.88 Å². The molecule has 1 amide bonds. The van der Waals surface area contributed by atoms with Crippen molar-refractivity contribution in [1.29, 1.82) is 0 Å². The maximum atomic E-state index is 13.6. The second kappa shape index (κ2) is 13.9. The number of hydrogen-bond acceptors (Lipinski definition) is 9. The maximum Gasteiger partial charge on any atom is 0.409 e. The molecule has 0 saturated heterocycles. The highest BCUT2D eigenvalue weighted by molar-refractivity contribution is 7.06. The Morgan fingerprint density at radius 2 is 1.38 bits per heavy atom. The molecule has 0 aliphatic heterocycles. The zero-order chi connectivity index (χ0) is 29.2. The summed E-state index contributed by atoms with van der Waals surface area (Å²) in [6.45, 7) is 8.39. The summed E-state index contributed by atoms with van der Waals surface area (Å²) in [5.74, 6) is -1.75. The van der Waals surface area contributed by atoms with Crippen LogP contribution in [0, 0.1) is 0 Å². The monoisotopic (exact) mass is 568 g/mol. The first-order valence-corrected chi connectivity index (χ1v) is 13.9. The predicted molar refractivity (Wildman–Crippen MR) is 151 cm³/mol. The molecule has 0 aliphatic rings. The second-order valence-corrected chi connectivity index (χ2v) is 10.6. The SMILES string of the molecule is CCOC(=O)C(NC(=O)OC(C)(C)C)(C(=O)OCC)c1snc(OCc2ccccc2)c1CCc1ccccc1. The van der Waals surface area contributed by atoms with Crippen molar-refractivity contribution < 1.29 is 33.3 Å². The van der Waals surface area contributed by atoms with Crippen LogP contribution in [0.2, 0.25) is 0 Å². The van der Waals surface area contributed by atoms with Crippen LogP contribution in [0.4, 0.5) is 4.79 Å². The van der Waals surface area contributed by atoms with Crippen molar-refractivity contribution in [1.82, 2.24) is 9.69 Å². The number of carbonyl (C=O) groups is 3. The van der Waals surface area contributed by atoms with Crippen LogP contribution in [0.1, 0.15) is 56.2 Å². The zero-order valence-electron chi connectivity index (χ0n) is 23.5. The van der Waals surface area contributed by atoms with E-state index < -0.39 is 29.2 Å². The molecule has 3 aromatic rings. The molecule has 1 aromatic heterocycles. The quantitative estimate of drug-likeness (QED) is 0.177. The lowest BCUT2D eigenvalue weighted by molar-refractivity contribution is -0.166. The first-order valence-electron chi connectivity index (χ1n) is 13.2. The molecule has 0 unspecified atom stereocenters. The molecular weight excluding hydrogens is 532 g/mol. The third-order valence-electron chi connectivity index (χ3n) is 5.67. The lowest BCUT2D eigenvalue weighted by Crippen LogP contribution is -2.59. The van der Waals surface area contributed by atoms with E-state index in [1.807, 2.05) is 60.7 Å². The molecule has 40 heavy (non-hydrogen) atoms. The molecule has 1 N–H and O–H groups in total. The standard InChI is InChI=1S/C30H36N2O7S/c1-6-36-26(33)30(27(34)37-7-2,31-28(35)39-29(3,4)5)24-23(19-18-21-14-10-8-11-15-21)25(32-40-24)38-20-22-16-12-9-13-17-22/h8-17H,6-7,18-20H2,1-5H3,(H,31,35). The zero-order valence-corrected chi connectivity index (χ0v) is 24.3. The van der Waals surface area contributed by atoms with E-state index in [0.29, 0.717) is 18.4 Å². The molecule has 1 heterocycles. The van der Waals surface area contributed by atoms with Gasteiger partial charge in [0.1, 0.15) is 12.2 Å². The number of nitrogens with one attached hydrogen (secondary N) is 1. The molecule has 10 heteroatoms. The number of aryl methyl sites for hydroxylation is 1. The average molecular weight is 569 g/mol. The molecule has 0 saturated carbocycles. The molecule has 2 aromatic carbocycles. The van der Waals surface area contributed by atoms with Gasteiger partial charge in [0.25, 0.3) is 5.54 Å². The molecule has 0 spiro atoms. The van der Waals surface area contributed by atoms with Crippen LogP contribution >= 0.6 is 11.5 Å². The summed E-state index contributed by atoms with van der Waals surface area (Å²) in [6.07, 6.45) is -0.0682. The van der Waals surface area contributed by atoms with Crippen molar-refractivity contribution in [2.24, 2.45) is 0 Å². The Morgan fingerprint density at radius 1 is 0.825 bits per heavy atom. The van der Waals surface area contributed by atoms with E-state index in [4.69, 9.17) is 18.9 Å². The first-order chi connectivity index (χ1) is 19.1. The summed E-state index contributed by atoms with van der Waals surface area (Å²) in [6, 6.07) is 19.3. The third kappa shape index (κ3) is 7.81. The van der Waals surface area contributed by atoms with Gasteiger partial charge < -0.3 is 18.9 Å². The van der Waals surface area contributed by atoms with Crippen LogP contribution in [-0.4, -0.2) is 41.2 Å². The van der Waals surface area contributed by atoms with E-state index in [2.05, 4.69) is 9.69 Å². The Labute approximate surface area is 239 Å². The Kier molecular flexibility index (Phi) is 10.7. The Balaban J connectivity index is 2.14. The smallest absolute Gasteiger partial charge is 0.409 e. The van der Waals surface area contributed by atoms with Gasteiger partial charge in [-0.3, -0.25) is 5.32 Å². The summed E-state index contributed by atoms with van der Waals surface area (Å²) < 4.78 is 26.7. The minimum atomic E-state index is -2.35. The third-order valence-corrected chi connectivity index (χ3v) is 6.66. The normalized spacial score (nSPS) is 11.4. The van der Waals surface area contributed by atoms with Crippen molar-refractivity contribution in [2.75, 3.05) is 13.2 Å². The molecular formula is C30H36N2O7S. The number of benzene rings is 2. The van der Waals surface area contributed by atoms with E-state index in [9.17, 15) is 14.4 Å². The number of alkyl carbamates (subject to hydrolysis) is 1. The van der Waals surface area contributed by atoms with E-state index >= 15 is 0 Å². The van der Waals surface area contributed by atoms with Gasteiger partial charge in [0, 0.05) is 5.56 Å². The van der Waals surface area contributed by atoms with E-state index in [1.54, 1.807) is 34.6 Å². The number of nitrogens with zero attached hydrogens (tertiary/aromatic N) is 1. The number of hydrogen-bond donors (Lipinski definition) is 1. The summed E-state index contributed by atoms with van der Waals surface area (Å²) in [5, 5.41) is 2.50. The van der Waals surface area contributed by atoms with Gasteiger partial charge in [0.05, 0.1) is 18.1 Å². The molecule has 0 fully saturated rings.